The van der Waals surface area contributed by atoms with Crippen LogP contribution in [0.3, 0.4) is 0 Å². The van der Waals surface area contributed by atoms with E-state index in [1.807, 2.05) is 30.5 Å². The van der Waals surface area contributed by atoms with Crippen LogP contribution in [0.5, 0.6) is 0 Å². The number of pyridine rings is 1. The van der Waals surface area contributed by atoms with Crippen LogP contribution in [0.15, 0.2) is 30.9 Å². The number of imidazole rings is 1. The van der Waals surface area contributed by atoms with Gasteiger partial charge in [0.1, 0.15) is 17.8 Å². The maximum atomic E-state index is 12.5. The van der Waals surface area contributed by atoms with Crippen LogP contribution in [-0.2, 0) is 4.79 Å². The number of carbonyl (C=O) groups is 2. The molecule has 0 aromatic carbocycles. The molecule has 0 saturated carbocycles. The monoisotopic (exact) mass is 359 g/mol. The number of rotatable bonds is 4. The Balaban J connectivity index is 1.69. The van der Waals surface area contributed by atoms with E-state index in [0.717, 1.165) is 24.6 Å². The highest BCUT2D eigenvalue weighted by molar-refractivity contribution is 7.99. The summed E-state index contributed by atoms with van der Waals surface area (Å²) in [6.45, 7) is 5.20. The fourth-order valence-corrected chi connectivity index (χ4v) is 3.29. The van der Waals surface area contributed by atoms with Gasteiger partial charge in [0, 0.05) is 36.7 Å². The van der Waals surface area contributed by atoms with E-state index in [9.17, 15) is 9.59 Å². The molecule has 25 heavy (non-hydrogen) atoms. The Bertz CT molecular complexity index is 751. The van der Waals surface area contributed by atoms with Crippen LogP contribution in [-0.4, -0.2) is 55.8 Å². The second kappa shape index (κ2) is 7.69. The maximum absolute atomic E-state index is 12.5. The van der Waals surface area contributed by atoms with Gasteiger partial charge in [-0.15, -0.1) is 0 Å². The lowest BCUT2D eigenvalue weighted by Gasteiger charge is -2.25. The summed E-state index contributed by atoms with van der Waals surface area (Å²) in [6, 6.07) is 3.56. The third kappa shape index (κ3) is 4.19. The van der Waals surface area contributed by atoms with E-state index in [-0.39, 0.29) is 17.7 Å². The molecule has 0 spiro atoms. The summed E-state index contributed by atoms with van der Waals surface area (Å²) in [7, 11) is 0. The van der Waals surface area contributed by atoms with E-state index in [2.05, 4.69) is 15.3 Å². The van der Waals surface area contributed by atoms with Crippen molar-refractivity contribution in [2.45, 2.75) is 13.8 Å². The largest absolute Gasteiger partial charge is 0.336 e. The molecule has 1 aliphatic heterocycles. The number of nitrogens with zero attached hydrogens (tertiary/aromatic N) is 4. The lowest BCUT2D eigenvalue weighted by atomic mass is 10.2. The van der Waals surface area contributed by atoms with E-state index in [1.54, 1.807) is 35.4 Å². The molecular weight excluding hydrogens is 338 g/mol. The van der Waals surface area contributed by atoms with Crippen molar-refractivity contribution >= 4 is 29.3 Å². The standard InChI is InChI=1S/C17H21N5O2S/c1-12(2)16(23)20-13-3-4-15(18-9-13)22-10-14(19-11-22)17(24)21-5-7-25-8-6-21/h3-4,9-12H,5-8H2,1-2H3,(H,20,23). The van der Waals surface area contributed by atoms with Crippen LogP contribution >= 0.6 is 11.8 Å². The van der Waals surface area contributed by atoms with Gasteiger partial charge in [0.15, 0.2) is 0 Å². The van der Waals surface area contributed by atoms with E-state index < -0.39 is 0 Å². The molecule has 3 heterocycles. The Morgan fingerprint density at radius 1 is 1.20 bits per heavy atom. The van der Waals surface area contributed by atoms with Crippen LogP contribution in [0.25, 0.3) is 5.82 Å². The molecule has 0 atom stereocenters. The minimum Gasteiger partial charge on any atom is -0.336 e. The molecule has 2 aromatic rings. The van der Waals surface area contributed by atoms with Gasteiger partial charge in [-0.2, -0.15) is 11.8 Å². The summed E-state index contributed by atoms with van der Waals surface area (Å²) >= 11 is 1.86. The normalized spacial score (nSPS) is 14.6. The molecule has 1 saturated heterocycles. The van der Waals surface area contributed by atoms with Crippen molar-refractivity contribution < 1.29 is 9.59 Å². The highest BCUT2D eigenvalue weighted by Crippen LogP contribution is 2.15. The Morgan fingerprint density at radius 3 is 2.60 bits per heavy atom. The number of hydrogen-bond donors (Lipinski definition) is 1. The molecule has 2 amide bonds. The third-order valence-corrected chi connectivity index (χ3v) is 4.85. The molecule has 7 nitrogen and oxygen atoms in total. The second-order valence-corrected chi connectivity index (χ2v) is 7.34. The first-order valence-corrected chi connectivity index (χ1v) is 9.38. The second-order valence-electron chi connectivity index (χ2n) is 6.12. The Kier molecular flexibility index (Phi) is 5.37. The Hall–Kier alpha value is -2.35. The van der Waals surface area contributed by atoms with Crippen molar-refractivity contribution in [1.82, 2.24) is 19.4 Å². The molecule has 0 radical (unpaired) electrons. The molecule has 8 heteroatoms. The molecule has 1 N–H and O–H groups in total. The maximum Gasteiger partial charge on any atom is 0.274 e. The molecular formula is C17H21N5O2S. The van der Waals surface area contributed by atoms with Crippen LogP contribution in [0, 0.1) is 5.92 Å². The molecule has 0 aliphatic carbocycles. The minimum atomic E-state index is -0.0879. The van der Waals surface area contributed by atoms with Gasteiger partial charge in [-0.1, -0.05) is 13.8 Å². The zero-order chi connectivity index (χ0) is 17.8. The molecule has 1 aliphatic rings. The summed E-state index contributed by atoms with van der Waals surface area (Å²) in [5, 5.41) is 2.80. The summed E-state index contributed by atoms with van der Waals surface area (Å²) in [6.07, 6.45) is 4.87. The first kappa shape index (κ1) is 17.5. The lowest BCUT2D eigenvalue weighted by molar-refractivity contribution is -0.118. The zero-order valence-corrected chi connectivity index (χ0v) is 15.1. The van der Waals surface area contributed by atoms with Gasteiger partial charge in [0.2, 0.25) is 5.91 Å². The first-order valence-electron chi connectivity index (χ1n) is 8.23. The van der Waals surface area contributed by atoms with Gasteiger partial charge >= 0.3 is 0 Å². The van der Waals surface area contributed by atoms with Gasteiger partial charge in [0.05, 0.1) is 11.9 Å². The number of anilines is 1. The summed E-state index contributed by atoms with van der Waals surface area (Å²) in [5.41, 5.74) is 1.07. The SMILES string of the molecule is CC(C)C(=O)Nc1ccc(-n2cnc(C(=O)N3CCSCC3)c2)nc1. The Labute approximate surface area is 150 Å². The van der Waals surface area contributed by atoms with E-state index in [4.69, 9.17) is 0 Å². The van der Waals surface area contributed by atoms with Crippen molar-refractivity contribution in [3.63, 3.8) is 0 Å². The highest BCUT2D eigenvalue weighted by Gasteiger charge is 2.20. The lowest BCUT2D eigenvalue weighted by Crippen LogP contribution is -2.38. The summed E-state index contributed by atoms with van der Waals surface area (Å²) < 4.78 is 1.71. The van der Waals surface area contributed by atoms with Crippen LogP contribution in [0.4, 0.5) is 5.69 Å². The van der Waals surface area contributed by atoms with Crippen LogP contribution < -0.4 is 5.32 Å². The van der Waals surface area contributed by atoms with Gasteiger partial charge in [-0.3, -0.25) is 14.2 Å². The van der Waals surface area contributed by atoms with Gasteiger partial charge in [-0.25, -0.2) is 9.97 Å². The fourth-order valence-electron chi connectivity index (χ4n) is 2.39. The zero-order valence-electron chi connectivity index (χ0n) is 14.3. The smallest absolute Gasteiger partial charge is 0.274 e. The van der Waals surface area contributed by atoms with Crippen molar-refractivity contribution in [2.24, 2.45) is 5.92 Å². The molecule has 0 unspecified atom stereocenters. The molecule has 3 rings (SSSR count). The van der Waals surface area contributed by atoms with Gasteiger partial charge < -0.3 is 10.2 Å². The van der Waals surface area contributed by atoms with Crippen molar-refractivity contribution in [1.29, 1.82) is 0 Å². The van der Waals surface area contributed by atoms with Crippen LogP contribution in [0.1, 0.15) is 24.3 Å². The molecule has 132 valence electrons. The number of amides is 2. The van der Waals surface area contributed by atoms with E-state index >= 15 is 0 Å². The molecule has 1 fully saturated rings. The Morgan fingerprint density at radius 2 is 1.96 bits per heavy atom. The van der Waals surface area contributed by atoms with Crippen molar-refractivity contribution in [3.05, 3.63) is 36.5 Å². The average Bonchev–Trinajstić information content (AvgIpc) is 3.12. The molecule has 0 bridgehead atoms. The van der Waals surface area contributed by atoms with Crippen molar-refractivity contribution in [3.8, 4) is 5.82 Å². The third-order valence-electron chi connectivity index (χ3n) is 3.90. The number of carbonyl (C=O) groups excluding carboxylic acids is 2. The summed E-state index contributed by atoms with van der Waals surface area (Å²) in [5.74, 6) is 2.40. The fraction of sp³-hybridized carbons (Fsp3) is 0.412. The van der Waals surface area contributed by atoms with Crippen LogP contribution in [0.2, 0.25) is 0 Å². The number of thioether (sulfide) groups is 1. The van der Waals surface area contributed by atoms with E-state index in [1.165, 1.54) is 0 Å². The van der Waals surface area contributed by atoms with Gasteiger partial charge in [-0.05, 0) is 12.1 Å². The quantitative estimate of drug-likeness (QED) is 0.904. The first-order chi connectivity index (χ1) is 12.0. The number of aromatic nitrogens is 3. The average molecular weight is 359 g/mol. The van der Waals surface area contributed by atoms with Crippen molar-refractivity contribution in [2.75, 3.05) is 29.9 Å². The number of hydrogen-bond acceptors (Lipinski definition) is 5. The summed E-state index contributed by atoms with van der Waals surface area (Å²) in [4.78, 5) is 34.5. The van der Waals surface area contributed by atoms with Gasteiger partial charge in [0.25, 0.3) is 5.91 Å². The predicted molar refractivity (Wildman–Crippen MR) is 98.1 cm³/mol. The topological polar surface area (TPSA) is 80.1 Å². The number of nitrogens with one attached hydrogen (secondary N) is 1. The highest BCUT2D eigenvalue weighted by atomic mass is 32.2. The minimum absolute atomic E-state index is 0.0418. The molecule has 2 aromatic heterocycles. The van der Waals surface area contributed by atoms with E-state index in [0.29, 0.717) is 17.2 Å². The predicted octanol–water partition coefficient (Wildman–Crippen LogP) is 2.05.